The van der Waals surface area contributed by atoms with Crippen molar-refractivity contribution in [3.8, 4) is 0 Å². The quantitative estimate of drug-likeness (QED) is 0.894. The fourth-order valence-electron chi connectivity index (χ4n) is 2.21. The van der Waals surface area contributed by atoms with Gasteiger partial charge in [-0.25, -0.2) is 0 Å². The standard InChI is InChI=1S/C10H14F3N3OS/c1-9(5-17)4-2-3-6(9)14-8-16-15-7(18-8)10(11,12)13/h6,17H,2-5H2,1H3,(H,14,16)/t6-,9-/m1/s1. The number of hydrogen-bond acceptors (Lipinski definition) is 5. The van der Waals surface area contributed by atoms with Gasteiger partial charge in [-0.05, 0) is 12.8 Å². The van der Waals surface area contributed by atoms with E-state index in [1.54, 1.807) is 0 Å². The van der Waals surface area contributed by atoms with Crippen molar-refractivity contribution in [3.05, 3.63) is 5.01 Å². The monoisotopic (exact) mass is 281 g/mol. The number of halogens is 3. The second-order valence-electron chi connectivity index (χ2n) is 4.81. The van der Waals surface area contributed by atoms with E-state index in [4.69, 9.17) is 0 Å². The van der Waals surface area contributed by atoms with Gasteiger partial charge in [-0.1, -0.05) is 24.7 Å². The van der Waals surface area contributed by atoms with E-state index >= 15 is 0 Å². The van der Waals surface area contributed by atoms with Crippen LogP contribution in [0.2, 0.25) is 0 Å². The van der Waals surface area contributed by atoms with E-state index in [1.165, 1.54) is 0 Å². The Bertz CT molecular complexity index is 423. The molecule has 1 aromatic heterocycles. The van der Waals surface area contributed by atoms with Crippen LogP contribution in [0.3, 0.4) is 0 Å². The van der Waals surface area contributed by atoms with Gasteiger partial charge in [0.2, 0.25) is 10.1 Å². The number of aromatic nitrogens is 2. The molecule has 8 heteroatoms. The Labute approximate surface area is 106 Å². The van der Waals surface area contributed by atoms with E-state index in [0.717, 1.165) is 19.3 Å². The van der Waals surface area contributed by atoms with Gasteiger partial charge in [0.05, 0.1) is 6.61 Å². The Morgan fingerprint density at radius 3 is 2.78 bits per heavy atom. The van der Waals surface area contributed by atoms with Crippen LogP contribution in [0.25, 0.3) is 0 Å². The van der Waals surface area contributed by atoms with E-state index < -0.39 is 11.2 Å². The summed E-state index contributed by atoms with van der Waals surface area (Å²) in [7, 11) is 0. The van der Waals surface area contributed by atoms with Crippen molar-refractivity contribution in [2.45, 2.75) is 38.4 Å². The minimum absolute atomic E-state index is 0.00952. The first kappa shape index (κ1) is 13.5. The molecule has 1 aliphatic carbocycles. The van der Waals surface area contributed by atoms with Crippen molar-refractivity contribution in [2.75, 3.05) is 11.9 Å². The third kappa shape index (κ3) is 2.59. The van der Waals surface area contributed by atoms with Crippen LogP contribution < -0.4 is 5.32 Å². The lowest BCUT2D eigenvalue weighted by Gasteiger charge is -2.29. The fourth-order valence-corrected chi connectivity index (χ4v) is 2.88. The van der Waals surface area contributed by atoms with E-state index in [-0.39, 0.29) is 23.2 Å². The predicted octanol–water partition coefficient (Wildman–Crippen LogP) is 2.52. The van der Waals surface area contributed by atoms with Crippen LogP contribution in [0.5, 0.6) is 0 Å². The third-order valence-electron chi connectivity index (χ3n) is 3.41. The topological polar surface area (TPSA) is 58.0 Å². The molecule has 0 saturated heterocycles. The zero-order valence-corrected chi connectivity index (χ0v) is 10.6. The summed E-state index contributed by atoms with van der Waals surface area (Å²) in [5, 5.41) is 18.1. The van der Waals surface area contributed by atoms with Crippen LogP contribution >= 0.6 is 11.3 Å². The van der Waals surface area contributed by atoms with Crippen LogP contribution in [0.15, 0.2) is 0 Å². The van der Waals surface area contributed by atoms with E-state index in [1.807, 2.05) is 6.92 Å². The molecule has 1 saturated carbocycles. The second kappa shape index (κ2) is 4.65. The minimum atomic E-state index is -4.45. The maximum atomic E-state index is 12.4. The highest BCUT2D eigenvalue weighted by Gasteiger charge is 2.40. The number of aliphatic hydroxyl groups is 1. The molecule has 0 amide bonds. The summed E-state index contributed by atoms with van der Waals surface area (Å²) in [4.78, 5) is 0. The Kier molecular flexibility index (Phi) is 3.50. The summed E-state index contributed by atoms with van der Waals surface area (Å²) in [5.41, 5.74) is -0.302. The van der Waals surface area contributed by atoms with Gasteiger partial charge in [-0.2, -0.15) is 13.2 Å². The number of rotatable bonds is 3. The molecule has 1 aliphatic rings. The molecular formula is C10H14F3N3OS. The summed E-state index contributed by atoms with van der Waals surface area (Å²) in [5.74, 6) is 0. The van der Waals surface area contributed by atoms with Crippen LogP contribution in [-0.4, -0.2) is 28.0 Å². The SMILES string of the molecule is C[C@]1(CO)CCC[C@H]1Nc1nnc(C(F)(F)F)s1. The summed E-state index contributed by atoms with van der Waals surface area (Å²) >= 11 is 0.498. The lowest BCUT2D eigenvalue weighted by atomic mass is 9.86. The number of alkyl halides is 3. The number of nitrogens with zero attached hydrogens (tertiary/aromatic N) is 2. The first-order valence-electron chi connectivity index (χ1n) is 5.63. The number of anilines is 1. The maximum absolute atomic E-state index is 12.4. The molecular weight excluding hydrogens is 267 g/mol. The van der Waals surface area contributed by atoms with Gasteiger partial charge >= 0.3 is 6.18 Å². The first-order chi connectivity index (χ1) is 8.35. The molecule has 2 N–H and O–H groups in total. The highest BCUT2D eigenvalue weighted by atomic mass is 32.1. The minimum Gasteiger partial charge on any atom is -0.396 e. The molecule has 0 unspecified atom stereocenters. The van der Waals surface area contributed by atoms with Gasteiger partial charge < -0.3 is 10.4 Å². The summed E-state index contributed by atoms with van der Waals surface area (Å²) in [6.07, 6.45) is -1.84. The van der Waals surface area contributed by atoms with Gasteiger partial charge in [0.15, 0.2) is 0 Å². The Balaban J connectivity index is 2.08. The van der Waals surface area contributed by atoms with Gasteiger partial charge in [0, 0.05) is 11.5 Å². The van der Waals surface area contributed by atoms with Crippen molar-refractivity contribution < 1.29 is 18.3 Å². The number of hydrogen-bond donors (Lipinski definition) is 2. The van der Waals surface area contributed by atoms with E-state index in [9.17, 15) is 18.3 Å². The fraction of sp³-hybridized carbons (Fsp3) is 0.800. The molecule has 0 bridgehead atoms. The molecule has 18 heavy (non-hydrogen) atoms. The first-order valence-corrected chi connectivity index (χ1v) is 6.45. The maximum Gasteiger partial charge on any atom is 0.445 e. The lowest BCUT2D eigenvalue weighted by Crippen LogP contribution is -2.36. The van der Waals surface area contributed by atoms with Crippen molar-refractivity contribution in [1.29, 1.82) is 0 Å². The van der Waals surface area contributed by atoms with Crippen LogP contribution in [-0.2, 0) is 6.18 Å². The zero-order chi connectivity index (χ0) is 13.4. The molecule has 0 spiro atoms. The molecule has 1 fully saturated rings. The zero-order valence-electron chi connectivity index (χ0n) is 9.79. The van der Waals surface area contributed by atoms with Gasteiger partial charge in [-0.3, -0.25) is 0 Å². The molecule has 102 valence electrons. The molecule has 1 heterocycles. The average molecular weight is 281 g/mol. The van der Waals surface area contributed by atoms with Crippen LogP contribution in [0.1, 0.15) is 31.2 Å². The van der Waals surface area contributed by atoms with Crippen molar-refractivity contribution in [2.24, 2.45) is 5.41 Å². The van der Waals surface area contributed by atoms with Gasteiger partial charge in [0.1, 0.15) is 0 Å². The number of aliphatic hydroxyl groups excluding tert-OH is 1. The molecule has 0 aliphatic heterocycles. The van der Waals surface area contributed by atoms with Gasteiger partial charge in [0.25, 0.3) is 0 Å². The smallest absolute Gasteiger partial charge is 0.396 e. The molecule has 2 rings (SSSR count). The summed E-state index contributed by atoms with van der Waals surface area (Å²) in [6, 6.07) is -0.0588. The third-order valence-corrected chi connectivity index (χ3v) is 4.31. The molecule has 0 aromatic carbocycles. The number of nitrogens with one attached hydrogen (secondary N) is 1. The lowest BCUT2D eigenvalue weighted by molar-refractivity contribution is -0.138. The second-order valence-corrected chi connectivity index (χ2v) is 5.79. The summed E-state index contributed by atoms with van der Waals surface area (Å²) in [6.45, 7) is 1.93. The predicted molar refractivity (Wildman–Crippen MR) is 61.4 cm³/mol. The Morgan fingerprint density at radius 2 is 2.22 bits per heavy atom. The van der Waals surface area contributed by atoms with Crippen LogP contribution in [0.4, 0.5) is 18.3 Å². The van der Waals surface area contributed by atoms with Gasteiger partial charge in [-0.15, -0.1) is 10.2 Å². The van der Waals surface area contributed by atoms with Crippen molar-refractivity contribution >= 4 is 16.5 Å². The highest BCUT2D eigenvalue weighted by molar-refractivity contribution is 7.15. The molecule has 4 nitrogen and oxygen atoms in total. The van der Waals surface area contributed by atoms with Crippen molar-refractivity contribution in [3.63, 3.8) is 0 Å². The summed E-state index contributed by atoms with van der Waals surface area (Å²) < 4.78 is 37.1. The molecule has 1 aromatic rings. The van der Waals surface area contributed by atoms with Crippen molar-refractivity contribution in [1.82, 2.24) is 10.2 Å². The largest absolute Gasteiger partial charge is 0.445 e. The Hall–Kier alpha value is -0.890. The Morgan fingerprint density at radius 1 is 1.50 bits per heavy atom. The highest BCUT2D eigenvalue weighted by Crippen LogP contribution is 2.40. The van der Waals surface area contributed by atoms with Crippen LogP contribution in [0, 0.1) is 5.41 Å². The normalized spacial score (nSPS) is 28.6. The van der Waals surface area contributed by atoms with E-state index in [0.29, 0.717) is 11.3 Å². The average Bonchev–Trinajstić information content (AvgIpc) is 2.87. The molecule has 2 atom stereocenters. The van der Waals surface area contributed by atoms with E-state index in [2.05, 4.69) is 15.5 Å². The molecule has 0 radical (unpaired) electrons.